The Bertz CT molecular complexity index is 922. The normalized spacial score (nSPS) is 16.3. The van der Waals surface area contributed by atoms with Gasteiger partial charge in [0.05, 0.1) is 11.6 Å². The number of nitrogens with one attached hydrogen (secondary N) is 3. The second kappa shape index (κ2) is 8.05. The summed E-state index contributed by atoms with van der Waals surface area (Å²) in [6.45, 7) is 5.52. The molecule has 2 aromatic carbocycles. The number of benzene rings is 2. The second-order valence-electron chi connectivity index (χ2n) is 6.24. The minimum Gasteiger partial charge on any atom is -0.507 e. The molecule has 1 amide bonds. The molecule has 0 radical (unpaired) electrons. The molecule has 0 saturated carbocycles. The van der Waals surface area contributed by atoms with Crippen molar-refractivity contribution in [3.05, 3.63) is 83.6 Å². The summed E-state index contributed by atoms with van der Waals surface area (Å²) < 4.78 is 0. The van der Waals surface area contributed by atoms with Crippen molar-refractivity contribution in [2.45, 2.75) is 19.4 Å². The second-order valence-corrected chi connectivity index (χ2v) is 6.65. The van der Waals surface area contributed by atoms with E-state index in [1.807, 2.05) is 42.5 Å². The Kier molecular flexibility index (Phi) is 5.57. The molecule has 1 heterocycles. The molecule has 138 valence electrons. The smallest absolute Gasteiger partial charge is 0.255 e. The van der Waals surface area contributed by atoms with Gasteiger partial charge in [-0.1, -0.05) is 42.5 Å². The fourth-order valence-corrected chi connectivity index (χ4v) is 3.38. The van der Waals surface area contributed by atoms with E-state index in [-0.39, 0.29) is 11.7 Å². The molecule has 1 aliphatic heterocycles. The molecule has 27 heavy (non-hydrogen) atoms. The Morgan fingerprint density at radius 2 is 2.00 bits per heavy atom. The number of phenolic OH excluding ortho intramolecular Hbond substituents is 1. The minimum atomic E-state index is -0.563. The van der Waals surface area contributed by atoms with Crippen molar-refractivity contribution in [1.82, 2.24) is 10.6 Å². The first kappa shape index (κ1) is 18.7. The molecule has 1 aliphatic rings. The first-order valence-corrected chi connectivity index (χ1v) is 8.98. The van der Waals surface area contributed by atoms with Crippen LogP contribution in [0.25, 0.3) is 0 Å². The van der Waals surface area contributed by atoms with Crippen LogP contribution in [0, 0.1) is 0 Å². The van der Waals surface area contributed by atoms with Gasteiger partial charge >= 0.3 is 0 Å². The zero-order chi connectivity index (χ0) is 19.4. The summed E-state index contributed by atoms with van der Waals surface area (Å²) in [7, 11) is 0. The van der Waals surface area contributed by atoms with Crippen molar-refractivity contribution in [2.24, 2.45) is 0 Å². The maximum absolute atomic E-state index is 13.0. The maximum Gasteiger partial charge on any atom is 0.255 e. The lowest BCUT2D eigenvalue weighted by Gasteiger charge is -2.31. The van der Waals surface area contributed by atoms with Gasteiger partial charge in [0.15, 0.2) is 5.11 Å². The molecule has 0 unspecified atom stereocenters. The van der Waals surface area contributed by atoms with Crippen molar-refractivity contribution >= 4 is 28.9 Å². The Balaban J connectivity index is 2.01. The Morgan fingerprint density at radius 1 is 1.26 bits per heavy atom. The number of hydrogen-bond donors (Lipinski definition) is 4. The molecular formula is C21H21N3O2S. The number of anilines is 1. The fourth-order valence-electron chi connectivity index (χ4n) is 3.11. The largest absolute Gasteiger partial charge is 0.507 e. The predicted molar refractivity (Wildman–Crippen MR) is 111 cm³/mol. The summed E-state index contributed by atoms with van der Waals surface area (Å²) in [5.74, 6) is -0.128. The van der Waals surface area contributed by atoms with Crippen LogP contribution in [0.1, 0.15) is 24.1 Å². The van der Waals surface area contributed by atoms with Crippen molar-refractivity contribution in [3.8, 4) is 5.75 Å². The van der Waals surface area contributed by atoms with Gasteiger partial charge in [0.1, 0.15) is 5.75 Å². The number of rotatable bonds is 5. The van der Waals surface area contributed by atoms with Crippen LogP contribution in [-0.2, 0) is 11.2 Å². The molecule has 0 aromatic heterocycles. The minimum absolute atomic E-state index is 0.136. The van der Waals surface area contributed by atoms with Crippen LogP contribution in [0.5, 0.6) is 5.75 Å². The summed E-state index contributed by atoms with van der Waals surface area (Å²) in [4.78, 5) is 13.0. The van der Waals surface area contributed by atoms with Gasteiger partial charge < -0.3 is 21.1 Å². The van der Waals surface area contributed by atoms with Gasteiger partial charge in [-0.2, -0.15) is 0 Å². The number of amides is 1. The van der Waals surface area contributed by atoms with E-state index in [1.165, 1.54) is 0 Å². The van der Waals surface area contributed by atoms with Gasteiger partial charge in [0.25, 0.3) is 5.91 Å². The summed E-state index contributed by atoms with van der Waals surface area (Å²) >= 11 is 5.27. The van der Waals surface area contributed by atoms with E-state index >= 15 is 0 Å². The number of hydrogen-bond acceptors (Lipinski definition) is 3. The lowest BCUT2D eigenvalue weighted by molar-refractivity contribution is -0.113. The molecular weight excluding hydrogens is 358 g/mol. The van der Waals surface area contributed by atoms with E-state index in [0.29, 0.717) is 34.1 Å². The van der Waals surface area contributed by atoms with Crippen LogP contribution in [0.3, 0.4) is 0 Å². The average molecular weight is 379 g/mol. The first-order valence-electron chi connectivity index (χ1n) is 8.57. The molecule has 0 bridgehead atoms. The Morgan fingerprint density at radius 3 is 2.70 bits per heavy atom. The van der Waals surface area contributed by atoms with E-state index in [1.54, 1.807) is 19.1 Å². The average Bonchev–Trinajstić information content (AvgIpc) is 2.63. The Labute approximate surface area is 163 Å². The molecule has 2 aromatic rings. The highest BCUT2D eigenvalue weighted by Crippen LogP contribution is 2.35. The van der Waals surface area contributed by atoms with Crippen molar-refractivity contribution in [2.75, 3.05) is 5.32 Å². The van der Waals surface area contributed by atoms with Gasteiger partial charge in [0.2, 0.25) is 0 Å². The van der Waals surface area contributed by atoms with Crippen LogP contribution >= 0.6 is 12.2 Å². The van der Waals surface area contributed by atoms with E-state index in [9.17, 15) is 9.90 Å². The van der Waals surface area contributed by atoms with Gasteiger partial charge in [-0.05, 0) is 43.3 Å². The molecule has 0 aliphatic carbocycles. The van der Waals surface area contributed by atoms with Gasteiger partial charge in [0, 0.05) is 16.9 Å². The SMILES string of the molecule is C=CCc1cccc([C@@H]2NC(=S)NC(C)=C2C(=O)Nc2ccccc2)c1O. The highest BCUT2D eigenvalue weighted by atomic mass is 32.1. The first-order chi connectivity index (χ1) is 13.0. The molecule has 3 rings (SSSR count). The zero-order valence-electron chi connectivity index (χ0n) is 15.0. The van der Waals surface area contributed by atoms with Crippen molar-refractivity contribution < 1.29 is 9.90 Å². The highest BCUT2D eigenvalue weighted by Gasteiger charge is 2.32. The third-order valence-corrected chi connectivity index (χ3v) is 4.59. The van der Waals surface area contributed by atoms with Crippen molar-refractivity contribution in [1.29, 1.82) is 0 Å². The number of allylic oxidation sites excluding steroid dienone is 2. The fraction of sp³-hybridized carbons (Fsp3) is 0.143. The number of aromatic hydroxyl groups is 1. The zero-order valence-corrected chi connectivity index (χ0v) is 15.8. The van der Waals surface area contributed by atoms with Crippen LogP contribution in [-0.4, -0.2) is 16.1 Å². The van der Waals surface area contributed by atoms with E-state index in [4.69, 9.17) is 12.2 Å². The maximum atomic E-state index is 13.0. The topological polar surface area (TPSA) is 73.4 Å². The van der Waals surface area contributed by atoms with Crippen LogP contribution in [0.4, 0.5) is 5.69 Å². The number of carbonyl (C=O) groups is 1. The van der Waals surface area contributed by atoms with Crippen LogP contribution < -0.4 is 16.0 Å². The highest BCUT2D eigenvalue weighted by molar-refractivity contribution is 7.80. The molecule has 0 fully saturated rings. The van der Waals surface area contributed by atoms with Gasteiger partial charge in [-0.25, -0.2) is 0 Å². The lowest BCUT2D eigenvalue weighted by atomic mass is 9.92. The molecule has 0 spiro atoms. The van der Waals surface area contributed by atoms with Crippen molar-refractivity contribution in [3.63, 3.8) is 0 Å². The summed E-state index contributed by atoms with van der Waals surface area (Å²) in [5, 5.41) is 20.1. The van der Waals surface area contributed by atoms with E-state index in [0.717, 1.165) is 5.56 Å². The number of para-hydroxylation sites is 2. The van der Waals surface area contributed by atoms with Crippen LogP contribution in [0.2, 0.25) is 0 Å². The molecule has 0 saturated heterocycles. The summed E-state index contributed by atoms with van der Waals surface area (Å²) in [5.41, 5.74) is 3.15. The van der Waals surface area contributed by atoms with E-state index < -0.39 is 6.04 Å². The third kappa shape index (κ3) is 4.01. The molecule has 6 heteroatoms. The Hall–Kier alpha value is -3.12. The number of thiocarbonyl (C=S) groups is 1. The number of phenols is 1. The lowest BCUT2D eigenvalue weighted by Crippen LogP contribution is -2.45. The third-order valence-electron chi connectivity index (χ3n) is 4.37. The van der Waals surface area contributed by atoms with E-state index in [2.05, 4.69) is 22.5 Å². The molecule has 1 atom stereocenters. The quantitative estimate of drug-likeness (QED) is 0.472. The summed E-state index contributed by atoms with van der Waals surface area (Å²) in [6, 6.07) is 14.1. The predicted octanol–water partition coefficient (Wildman–Crippen LogP) is 3.55. The molecule has 4 N–H and O–H groups in total. The molecule has 5 nitrogen and oxygen atoms in total. The number of carbonyl (C=O) groups excluding carboxylic acids is 1. The summed E-state index contributed by atoms with van der Waals surface area (Å²) in [6.07, 6.45) is 2.26. The standard InChI is InChI=1S/C21H21N3O2S/c1-3-8-14-9-7-12-16(19(14)25)18-17(13(2)22-21(27)24-18)20(26)23-15-10-5-4-6-11-15/h3-7,9-12,18,25H,1,8H2,2H3,(H,23,26)(H2,22,24,27)/t18-/m0/s1. The van der Waals surface area contributed by atoms with Gasteiger partial charge in [-0.3, -0.25) is 4.79 Å². The van der Waals surface area contributed by atoms with Crippen LogP contribution in [0.15, 0.2) is 72.5 Å². The monoisotopic (exact) mass is 379 g/mol. The van der Waals surface area contributed by atoms with Gasteiger partial charge in [-0.15, -0.1) is 6.58 Å².